The molecule has 1 aromatic carbocycles. The van der Waals surface area contributed by atoms with Crippen LogP contribution in [0.15, 0.2) is 51.9 Å². The molecule has 0 amide bonds. The number of alkyl halides is 3. The van der Waals surface area contributed by atoms with E-state index in [9.17, 15) is 18.0 Å². The fourth-order valence-corrected chi connectivity index (χ4v) is 2.69. The number of halogens is 3. The van der Waals surface area contributed by atoms with E-state index in [1.807, 2.05) is 0 Å². The maximum atomic E-state index is 13.6. The molecule has 0 atom stereocenters. The van der Waals surface area contributed by atoms with Crippen LogP contribution in [0.1, 0.15) is 5.56 Å². The van der Waals surface area contributed by atoms with Gasteiger partial charge >= 0.3 is 6.18 Å². The Morgan fingerprint density at radius 3 is 2.56 bits per heavy atom. The molecule has 8 heteroatoms. The molecule has 0 aliphatic rings. The Kier molecular flexibility index (Phi) is 3.18. The zero-order valence-corrected chi connectivity index (χ0v) is 12.8. The molecule has 0 saturated carbocycles. The van der Waals surface area contributed by atoms with Crippen LogP contribution in [0.5, 0.6) is 0 Å². The zero-order valence-electron chi connectivity index (χ0n) is 12.8. The van der Waals surface area contributed by atoms with Gasteiger partial charge < -0.3 is 4.42 Å². The third-order valence-corrected chi connectivity index (χ3v) is 3.89. The maximum absolute atomic E-state index is 13.6. The molecule has 3 aromatic heterocycles. The number of pyridine rings is 1. The molecule has 0 bridgehead atoms. The second-order valence-electron chi connectivity index (χ2n) is 5.54. The highest BCUT2D eigenvalue weighted by Crippen LogP contribution is 2.39. The summed E-state index contributed by atoms with van der Waals surface area (Å²) in [5.41, 5.74) is -1.54. The topological polar surface area (TPSA) is 60.9 Å². The molecule has 0 saturated heterocycles. The highest BCUT2D eigenvalue weighted by molar-refractivity contribution is 6.03. The van der Waals surface area contributed by atoms with E-state index in [0.717, 1.165) is 17.0 Å². The van der Waals surface area contributed by atoms with Crippen LogP contribution in [-0.4, -0.2) is 14.5 Å². The van der Waals surface area contributed by atoms with Gasteiger partial charge in [-0.3, -0.25) is 9.36 Å². The van der Waals surface area contributed by atoms with E-state index in [-0.39, 0.29) is 27.9 Å². The lowest BCUT2D eigenvalue weighted by Gasteiger charge is -2.10. The number of aryl methyl sites for hydroxylation is 1. The highest BCUT2D eigenvalue weighted by Gasteiger charge is 2.36. The van der Waals surface area contributed by atoms with Gasteiger partial charge in [0, 0.05) is 12.6 Å². The summed E-state index contributed by atoms with van der Waals surface area (Å²) in [6.45, 7) is 0. The van der Waals surface area contributed by atoms with E-state index in [1.165, 1.54) is 7.05 Å². The molecular formula is C17H10F3N3O2. The largest absolute Gasteiger partial charge is 0.430 e. The summed E-state index contributed by atoms with van der Waals surface area (Å²) in [5, 5.41) is -0.306. The number of hydrogen-bond acceptors (Lipinski definition) is 4. The minimum absolute atomic E-state index is 0.108. The van der Waals surface area contributed by atoms with E-state index in [2.05, 4.69) is 9.97 Å². The molecule has 0 aliphatic heterocycles. The molecule has 4 aromatic rings. The van der Waals surface area contributed by atoms with Gasteiger partial charge in [0.25, 0.3) is 5.56 Å². The Morgan fingerprint density at radius 2 is 1.88 bits per heavy atom. The third-order valence-electron chi connectivity index (χ3n) is 3.89. The number of nitrogens with zero attached hydrogens (tertiary/aromatic N) is 3. The number of aromatic nitrogens is 3. The Hall–Kier alpha value is -3.16. The number of hydrogen-bond donors (Lipinski definition) is 0. The molecule has 0 radical (unpaired) electrons. The predicted octanol–water partition coefficient (Wildman–Crippen LogP) is 3.76. The first-order valence-electron chi connectivity index (χ1n) is 7.28. The summed E-state index contributed by atoms with van der Waals surface area (Å²) in [4.78, 5) is 20.2. The van der Waals surface area contributed by atoms with Crippen LogP contribution in [0.2, 0.25) is 0 Å². The molecule has 25 heavy (non-hydrogen) atoms. The summed E-state index contributed by atoms with van der Waals surface area (Å²) < 4.78 is 47.3. The minimum atomic E-state index is -4.65. The van der Waals surface area contributed by atoms with Gasteiger partial charge in [0.1, 0.15) is 5.52 Å². The van der Waals surface area contributed by atoms with Crippen molar-refractivity contribution >= 4 is 22.2 Å². The van der Waals surface area contributed by atoms with Crippen molar-refractivity contribution in [3.63, 3.8) is 0 Å². The van der Waals surface area contributed by atoms with Crippen molar-refractivity contribution in [2.75, 3.05) is 0 Å². The molecule has 3 heterocycles. The zero-order chi connectivity index (χ0) is 17.8. The van der Waals surface area contributed by atoms with Gasteiger partial charge in [0.15, 0.2) is 0 Å². The first-order valence-corrected chi connectivity index (χ1v) is 7.28. The van der Waals surface area contributed by atoms with E-state index in [0.29, 0.717) is 5.56 Å². The van der Waals surface area contributed by atoms with Gasteiger partial charge in [0.2, 0.25) is 11.3 Å². The lowest BCUT2D eigenvalue weighted by Crippen LogP contribution is -2.16. The Balaban J connectivity index is 2.16. The predicted molar refractivity (Wildman–Crippen MR) is 85.0 cm³/mol. The van der Waals surface area contributed by atoms with Gasteiger partial charge in [-0.1, -0.05) is 30.3 Å². The van der Waals surface area contributed by atoms with Crippen molar-refractivity contribution in [1.82, 2.24) is 14.5 Å². The summed E-state index contributed by atoms with van der Waals surface area (Å²) in [6.07, 6.45) is -3.49. The van der Waals surface area contributed by atoms with Crippen molar-refractivity contribution in [2.24, 2.45) is 7.05 Å². The van der Waals surface area contributed by atoms with Crippen LogP contribution in [0, 0.1) is 0 Å². The second-order valence-corrected chi connectivity index (χ2v) is 5.54. The average molecular weight is 345 g/mol. The fourth-order valence-electron chi connectivity index (χ4n) is 2.69. The molecule has 0 aliphatic carbocycles. The van der Waals surface area contributed by atoms with Crippen molar-refractivity contribution in [1.29, 1.82) is 0 Å². The molecule has 126 valence electrons. The Labute approximate surface area is 138 Å². The highest BCUT2D eigenvalue weighted by atomic mass is 19.4. The lowest BCUT2D eigenvalue weighted by molar-refractivity contribution is -0.136. The second kappa shape index (κ2) is 5.17. The third kappa shape index (κ3) is 2.37. The quantitative estimate of drug-likeness (QED) is 0.527. The standard InChI is InChI=1S/C17H10F3N3O2/c1-23-8-21-13-12-10(17(18,19)20)7-11(9-5-3-2-4-6-9)22-15(12)25-14(13)16(23)24/h2-8H,1H3. The minimum Gasteiger partial charge on any atom is -0.430 e. The van der Waals surface area contributed by atoms with E-state index in [4.69, 9.17) is 4.42 Å². The SMILES string of the molecule is Cn1cnc2c(oc3nc(-c4ccccc4)cc(C(F)(F)F)c32)c1=O. The van der Waals surface area contributed by atoms with Crippen LogP contribution in [0.25, 0.3) is 33.5 Å². The van der Waals surface area contributed by atoms with Gasteiger partial charge in [-0.25, -0.2) is 9.97 Å². The van der Waals surface area contributed by atoms with Crippen LogP contribution >= 0.6 is 0 Å². The normalized spacial score (nSPS) is 12.2. The molecule has 5 nitrogen and oxygen atoms in total. The molecule has 4 rings (SSSR count). The van der Waals surface area contributed by atoms with Crippen LogP contribution < -0.4 is 5.56 Å². The Bertz CT molecular complexity index is 1160. The first-order chi connectivity index (χ1) is 11.9. The number of furan rings is 1. The van der Waals surface area contributed by atoms with E-state index >= 15 is 0 Å². The molecular weight excluding hydrogens is 335 g/mol. The summed E-state index contributed by atoms with van der Waals surface area (Å²) in [7, 11) is 1.44. The summed E-state index contributed by atoms with van der Waals surface area (Å²) in [5.74, 6) is 0. The average Bonchev–Trinajstić information content (AvgIpc) is 2.96. The van der Waals surface area contributed by atoms with Crippen molar-refractivity contribution in [2.45, 2.75) is 6.18 Å². The van der Waals surface area contributed by atoms with Gasteiger partial charge in [-0.05, 0) is 6.07 Å². The van der Waals surface area contributed by atoms with Crippen molar-refractivity contribution in [3.05, 3.63) is 58.6 Å². The summed E-state index contributed by atoms with van der Waals surface area (Å²) in [6, 6.07) is 9.39. The van der Waals surface area contributed by atoms with Gasteiger partial charge in [-0.15, -0.1) is 0 Å². The van der Waals surface area contributed by atoms with Crippen molar-refractivity contribution in [3.8, 4) is 11.3 Å². The maximum Gasteiger partial charge on any atom is 0.417 e. The van der Waals surface area contributed by atoms with Crippen LogP contribution in [0.3, 0.4) is 0 Å². The van der Waals surface area contributed by atoms with Crippen molar-refractivity contribution < 1.29 is 17.6 Å². The number of benzene rings is 1. The molecule has 0 fully saturated rings. The first kappa shape index (κ1) is 15.4. The van der Waals surface area contributed by atoms with Crippen LogP contribution in [0.4, 0.5) is 13.2 Å². The fraction of sp³-hybridized carbons (Fsp3) is 0.118. The molecule has 0 unspecified atom stereocenters. The van der Waals surface area contributed by atoms with E-state index < -0.39 is 17.3 Å². The van der Waals surface area contributed by atoms with Gasteiger partial charge in [0.05, 0.1) is 23.0 Å². The van der Waals surface area contributed by atoms with E-state index in [1.54, 1.807) is 30.3 Å². The molecule has 0 N–H and O–H groups in total. The van der Waals surface area contributed by atoms with Gasteiger partial charge in [-0.2, -0.15) is 13.2 Å². The number of rotatable bonds is 1. The molecule has 0 spiro atoms. The van der Waals surface area contributed by atoms with Crippen LogP contribution in [-0.2, 0) is 13.2 Å². The monoisotopic (exact) mass is 345 g/mol. The Morgan fingerprint density at radius 1 is 1.16 bits per heavy atom. The summed E-state index contributed by atoms with van der Waals surface area (Å²) >= 11 is 0. The lowest BCUT2D eigenvalue weighted by atomic mass is 10.1. The number of fused-ring (bicyclic) bond motifs is 3. The smallest absolute Gasteiger partial charge is 0.417 e.